The van der Waals surface area contributed by atoms with Gasteiger partial charge < -0.3 is 4.90 Å². The van der Waals surface area contributed by atoms with Crippen molar-refractivity contribution in [3.63, 3.8) is 0 Å². The monoisotopic (exact) mass is 431 g/mol. The zero-order chi connectivity index (χ0) is 21.3. The molecule has 9 heteroatoms. The zero-order valence-corrected chi connectivity index (χ0v) is 18.4. The predicted octanol–water partition coefficient (Wildman–Crippen LogP) is 1.84. The average molecular weight is 432 g/mol. The van der Waals surface area contributed by atoms with Crippen molar-refractivity contribution in [1.82, 2.24) is 19.0 Å². The van der Waals surface area contributed by atoms with Gasteiger partial charge in [-0.25, -0.2) is 8.42 Å². The SMILES string of the molecule is CCn1cc(CN2CCN(S(=O)(=O)c3ccc(N4CCCC4=O)cc3)CC2)c(C)n1. The first-order valence-corrected chi connectivity index (χ1v) is 12.0. The van der Waals surface area contributed by atoms with Crippen molar-refractivity contribution in [2.24, 2.45) is 0 Å². The number of carbonyl (C=O) groups is 1. The maximum Gasteiger partial charge on any atom is 0.243 e. The molecule has 0 N–H and O–H groups in total. The predicted molar refractivity (Wildman–Crippen MR) is 115 cm³/mol. The summed E-state index contributed by atoms with van der Waals surface area (Å²) < 4.78 is 29.6. The molecule has 2 saturated heterocycles. The Bertz CT molecular complexity index is 1010. The normalized spacial score (nSPS) is 19.0. The number of hydrogen-bond acceptors (Lipinski definition) is 5. The van der Waals surface area contributed by atoms with Gasteiger partial charge in [-0.1, -0.05) is 0 Å². The van der Waals surface area contributed by atoms with Crippen LogP contribution in [0.5, 0.6) is 0 Å². The van der Waals surface area contributed by atoms with Gasteiger partial charge in [0, 0.05) is 69.7 Å². The number of aromatic nitrogens is 2. The third-order valence-corrected chi connectivity index (χ3v) is 7.87. The number of anilines is 1. The van der Waals surface area contributed by atoms with Gasteiger partial charge in [0.2, 0.25) is 15.9 Å². The third-order valence-electron chi connectivity index (χ3n) is 5.96. The van der Waals surface area contributed by atoms with Crippen LogP contribution >= 0.6 is 0 Å². The quantitative estimate of drug-likeness (QED) is 0.697. The fraction of sp³-hybridized carbons (Fsp3) is 0.524. The van der Waals surface area contributed by atoms with E-state index in [4.69, 9.17) is 0 Å². The van der Waals surface area contributed by atoms with E-state index in [9.17, 15) is 13.2 Å². The Labute approximate surface area is 178 Å². The van der Waals surface area contributed by atoms with E-state index in [0.717, 1.165) is 30.9 Å². The van der Waals surface area contributed by atoms with E-state index in [2.05, 4.69) is 23.1 Å². The van der Waals surface area contributed by atoms with Crippen molar-refractivity contribution in [1.29, 1.82) is 0 Å². The van der Waals surface area contributed by atoms with E-state index in [0.29, 0.717) is 39.1 Å². The van der Waals surface area contributed by atoms with Crippen molar-refractivity contribution in [3.05, 3.63) is 41.7 Å². The Morgan fingerprint density at radius 2 is 1.73 bits per heavy atom. The highest BCUT2D eigenvalue weighted by molar-refractivity contribution is 7.89. The largest absolute Gasteiger partial charge is 0.312 e. The molecule has 30 heavy (non-hydrogen) atoms. The maximum atomic E-state index is 13.1. The smallest absolute Gasteiger partial charge is 0.243 e. The highest BCUT2D eigenvalue weighted by Crippen LogP contribution is 2.25. The minimum Gasteiger partial charge on any atom is -0.312 e. The Hall–Kier alpha value is -2.23. The molecule has 1 aromatic carbocycles. The van der Waals surface area contributed by atoms with Crippen molar-refractivity contribution in [3.8, 4) is 0 Å². The highest BCUT2D eigenvalue weighted by atomic mass is 32.2. The van der Waals surface area contributed by atoms with E-state index in [1.165, 1.54) is 5.56 Å². The van der Waals surface area contributed by atoms with Crippen LogP contribution in [0.4, 0.5) is 5.69 Å². The topological polar surface area (TPSA) is 78.8 Å². The van der Waals surface area contributed by atoms with Crippen LogP contribution in [0.3, 0.4) is 0 Å². The van der Waals surface area contributed by atoms with Gasteiger partial charge in [0.15, 0.2) is 0 Å². The van der Waals surface area contributed by atoms with E-state index in [1.54, 1.807) is 33.5 Å². The second kappa shape index (κ2) is 8.49. The summed E-state index contributed by atoms with van der Waals surface area (Å²) >= 11 is 0. The number of sulfonamides is 1. The summed E-state index contributed by atoms with van der Waals surface area (Å²) in [5.41, 5.74) is 2.99. The van der Waals surface area contributed by atoms with Crippen LogP contribution in [-0.4, -0.2) is 66.0 Å². The number of aryl methyl sites for hydroxylation is 2. The van der Waals surface area contributed by atoms with Crippen LogP contribution < -0.4 is 4.90 Å². The number of rotatable bonds is 6. The van der Waals surface area contributed by atoms with Gasteiger partial charge >= 0.3 is 0 Å². The molecule has 3 heterocycles. The fourth-order valence-corrected chi connectivity index (χ4v) is 5.54. The second-order valence-electron chi connectivity index (χ2n) is 7.92. The Kier molecular flexibility index (Phi) is 5.95. The van der Waals surface area contributed by atoms with Crippen LogP contribution in [0.2, 0.25) is 0 Å². The number of amides is 1. The van der Waals surface area contributed by atoms with E-state index in [1.807, 2.05) is 11.6 Å². The molecule has 2 aromatic rings. The molecule has 0 atom stereocenters. The summed E-state index contributed by atoms with van der Waals surface area (Å²) in [5, 5.41) is 4.49. The van der Waals surface area contributed by atoms with Gasteiger partial charge in [-0.3, -0.25) is 14.4 Å². The van der Waals surface area contributed by atoms with Crippen LogP contribution in [0.1, 0.15) is 31.0 Å². The first kappa shape index (κ1) is 21.0. The first-order chi connectivity index (χ1) is 14.4. The number of carbonyl (C=O) groups excluding carboxylic acids is 1. The molecule has 4 rings (SSSR count). The number of nitrogens with zero attached hydrogens (tertiary/aromatic N) is 5. The van der Waals surface area contributed by atoms with E-state index >= 15 is 0 Å². The molecule has 0 radical (unpaired) electrons. The number of benzene rings is 1. The molecule has 1 amide bonds. The summed E-state index contributed by atoms with van der Waals surface area (Å²) in [5.74, 6) is 0.0986. The van der Waals surface area contributed by atoms with Crippen LogP contribution in [0, 0.1) is 6.92 Å². The lowest BCUT2D eigenvalue weighted by Crippen LogP contribution is -2.48. The van der Waals surface area contributed by atoms with Crippen molar-refractivity contribution in [2.75, 3.05) is 37.6 Å². The third kappa shape index (κ3) is 4.14. The molecule has 0 unspecified atom stereocenters. The highest BCUT2D eigenvalue weighted by Gasteiger charge is 2.29. The van der Waals surface area contributed by atoms with Crippen molar-refractivity contribution in [2.45, 2.75) is 44.7 Å². The van der Waals surface area contributed by atoms with Gasteiger partial charge in [-0.2, -0.15) is 9.40 Å². The molecule has 0 spiro atoms. The summed E-state index contributed by atoms with van der Waals surface area (Å²) in [7, 11) is -3.53. The fourth-order valence-electron chi connectivity index (χ4n) is 4.11. The molecule has 0 bridgehead atoms. The minimum atomic E-state index is -3.53. The molecule has 1 aromatic heterocycles. The van der Waals surface area contributed by atoms with Gasteiger partial charge in [-0.15, -0.1) is 0 Å². The molecule has 2 aliphatic heterocycles. The molecule has 162 valence electrons. The lowest BCUT2D eigenvalue weighted by atomic mass is 10.2. The number of piperazine rings is 1. The molecule has 8 nitrogen and oxygen atoms in total. The lowest BCUT2D eigenvalue weighted by molar-refractivity contribution is -0.117. The summed E-state index contributed by atoms with van der Waals surface area (Å²) in [4.78, 5) is 16.2. The Morgan fingerprint density at radius 1 is 1.03 bits per heavy atom. The summed E-state index contributed by atoms with van der Waals surface area (Å²) in [6, 6.07) is 6.71. The van der Waals surface area contributed by atoms with Crippen molar-refractivity contribution < 1.29 is 13.2 Å². The standard InChI is InChI=1S/C21H29N5O3S/c1-3-24-16-18(17(2)22-24)15-23-11-13-25(14-12-23)30(28,29)20-8-6-19(7-9-20)26-10-4-5-21(26)27/h6-9,16H,3-5,10-15H2,1-2H3. The molecule has 0 aliphatic carbocycles. The molecule has 0 saturated carbocycles. The van der Waals surface area contributed by atoms with Crippen molar-refractivity contribution >= 4 is 21.6 Å². The van der Waals surface area contributed by atoms with Gasteiger partial charge in [0.05, 0.1) is 10.6 Å². The summed E-state index contributed by atoms with van der Waals surface area (Å²) in [6.07, 6.45) is 3.48. The van der Waals surface area contributed by atoms with E-state index in [-0.39, 0.29) is 10.8 Å². The van der Waals surface area contributed by atoms with Crippen LogP contribution in [0.15, 0.2) is 35.4 Å². The Morgan fingerprint density at radius 3 is 2.30 bits per heavy atom. The van der Waals surface area contributed by atoms with E-state index < -0.39 is 10.0 Å². The van der Waals surface area contributed by atoms with Gasteiger partial charge in [0.1, 0.15) is 0 Å². The molecule has 2 aliphatic rings. The van der Waals surface area contributed by atoms with Crippen LogP contribution in [-0.2, 0) is 27.9 Å². The maximum absolute atomic E-state index is 13.1. The molecular formula is C21H29N5O3S. The Balaban J connectivity index is 1.38. The molecular weight excluding hydrogens is 402 g/mol. The second-order valence-corrected chi connectivity index (χ2v) is 9.86. The average Bonchev–Trinajstić information content (AvgIpc) is 3.34. The summed E-state index contributed by atoms with van der Waals surface area (Å²) in [6.45, 7) is 8.73. The van der Waals surface area contributed by atoms with Gasteiger partial charge in [0.25, 0.3) is 0 Å². The van der Waals surface area contributed by atoms with Gasteiger partial charge in [-0.05, 0) is 44.5 Å². The number of hydrogen-bond donors (Lipinski definition) is 0. The lowest BCUT2D eigenvalue weighted by Gasteiger charge is -2.33. The zero-order valence-electron chi connectivity index (χ0n) is 17.6. The molecule has 2 fully saturated rings. The minimum absolute atomic E-state index is 0.0986. The van der Waals surface area contributed by atoms with Crippen LogP contribution in [0.25, 0.3) is 0 Å². The first-order valence-electron chi connectivity index (χ1n) is 10.5.